The lowest BCUT2D eigenvalue weighted by Gasteiger charge is -1.88. The summed E-state index contributed by atoms with van der Waals surface area (Å²) in [6.07, 6.45) is 1.16. The van der Waals surface area contributed by atoms with Gasteiger partial charge in [-0.05, 0) is 11.5 Å². The van der Waals surface area contributed by atoms with E-state index in [1.807, 2.05) is 0 Å². The zero-order valence-electron chi connectivity index (χ0n) is 5.31. The minimum Gasteiger partial charge on any atom is -0.229 e. The lowest BCUT2D eigenvalue weighted by atomic mass is 10.7. The number of hydrogen-bond acceptors (Lipinski definition) is 5. The number of aromatic nitrogens is 2. The van der Waals surface area contributed by atoms with E-state index < -0.39 is 9.84 Å². The highest BCUT2D eigenvalue weighted by molar-refractivity contribution is 7.89. The first-order valence-corrected chi connectivity index (χ1v) is 5.40. The molecule has 0 spiro atoms. The molecule has 4 nitrogen and oxygen atoms in total. The summed E-state index contributed by atoms with van der Waals surface area (Å²) in [7, 11) is -2.97. The van der Waals surface area contributed by atoms with Crippen LogP contribution < -0.4 is 0 Å². The maximum absolute atomic E-state index is 10.6. The summed E-state index contributed by atoms with van der Waals surface area (Å²) in [6, 6.07) is 0. The van der Waals surface area contributed by atoms with E-state index in [-0.39, 0.29) is 5.75 Å². The first-order chi connectivity index (χ1) is 4.58. The van der Waals surface area contributed by atoms with Crippen LogP contribution in [0.2, 0.25) is 0 Å². The second kappa shape index (κ2) is 2.63. The standard InChI is InChI=1S/C4H6N2O2S2/c1-10(7,8)2-4-5-3-9-6-4/h3H,2H2,1H3. The van der Waals surface area contributed by atoms with Crippen LogP contribution in [0.3, 0.4) is 0 Å². The van der Waals surface area contributed by atoms with Crippen molar-refractivity contribution in [1.82, 2.24) is 9.36 Å². The molecule has 0 unspecified atom stereocenters. The van der Waals surface area contributed by atoms with E-state index in [0.717, 1.165) is 17.8 Å². The van der Waals surface area contributed by atoms with Crippen molar-refractivity contribution < 1.29 is 8.42 Å². The first-order valence-electron chi connectivity index (χ1n) is 2.51. The van der Waals surface area contributed by atoms with Gasteiger partial charge in [0.25, 0.3) is 0 Å². The molecule has 0 aliphatic carbocycles. The summed E-state index contributed by atoms with van der Waals surface area (Å²) >= 11 is 1.15. The van der Waals surface area contributed by atoms with Gasteiger partial charge in [0.2, 0.25) is 0 Å². The average Bonchev–Trinajstić information content (AvgIpc) is 2.12. The van der Waals surface area contributed by atoms with Crippen LogP contribution in [0.25, 0.3) is 0 Å². The van der Waals surface area contributed by atoms with E-state index in [0.29, 0.717) is 5.82 Å². The fourth-order valence-corrected chi connectivity index (χ4v) is 1.63. The molecule has 0 bridgehead atoms. The van der Waals surface area contributed by atoms with Crippen molar-refractivity contribution in [3.8, 4) is 0 Å². The Morgan fingerprint density at radius 3 is 2.80 bits per heavy atom. The fourth-order valence-electron chi connectivity index (χ4n) is 0.491. The lowest BCUT2D eigenvalue weighted by Crippen LogP contribution is -2.01. The van der Waals surface area contributed by atoms with Crippen LogP contribution >= 0.6 is 11.5 Å². The summed E-state index contributed by atoms with van der Waals surface area (Å²) in [6.45, 7) is 0. The second-order valence-electron chi connectivity index (χ2n) is 1.92. The van der Waals surface area contributed by atoms with Gasteiger partial charge in [-0.3, -0.25) is 0 Å². The second-order valence-corrected chi connectivity index (χ2v) is 4.66. The van der Waals surface area contributed by atoms with E-state index in [1.165, 1.54) is 5.51 Å². The number of hydrogen-bond donors (Lipinski definition) is 0. The van der Waals surface area contributed by atoms with E-state index in [1.54, 1.807) is 0 Å². The van der Waals surface area contributed by atoms with Crippen molar-refractivity contribution in [3.05, 3.63) is 11.3 Å². The monoisotopic (exact) mass is 178 g/mol. The zero-order valence-corrected chi connectivity index (χ0v) is 6.94. The SMILES string of the molecule is CS(=O)(=O)Cc1ncsn1. The molecular formula is C4H6N2O2S2. The maximum Gasteiger partial charge on any atom is 0.157 e. The van der Waals surface area contributed by atoms with Gasteiger partial charge in [-0.2, -0.15) is 4.37 Å². The Hall–Kier alpha value is -0.490. The largest absolute Gasteiger partial charge is 0.229 e. The third kappa shape index (κ3) is 2.40. The smallest absolute Gasteiger partial charge is 0.157 e. The zero-order chi connectivity index (χ0) is 7.61. The molecule has 0 saturated carbocycles. The minimum atomic E-state index is -2.97. The third-order valence-electron chi connectivity index (χ3n) is 0.798. The van der Waals surface area contributed by atoms with E-state index in [4.69, 9.17) is 0 Å². The summed E-state index contributed by atoms with van der Waals surface area (Å²) in [5.41, 5.74) is 1.51. The molecule has 0 atom stereocenters. The normalized spacial score (nSPS) is 11.7. The van der Waals surface area contributed by atoms with Crippen LogP contribution in [-0.2, 0) is 15.6 Å². The number of rotatable bonds is 2. The molecule has 0 amide bonds. The quantitative estimate of drug-likeness (QED) is 0.643. The molecule has 1 aromatic heterocycles. The molecule has 10 heavy (non-hydrogen) atoms. The first kappa shape index (κ1) is 7.62. The van der Waals surface area contributed by atoms with Gasteiger partial charge in [-0.1, -0.05) is 0 Å². The van der Waals surface area contributed by atoms with Gasteiger partial charge in [0.15, 0.2) is 15.7 Å². The predicted octanol–water partition coefficient (Wildman–Crippen LogP) is 0.0827. The summed E-state index contributed by atoms with van der Waals surface area (Å²) < 4.78 is 25.0. The summed E-state index contributed by atoms with van der Waals surface area (Å²) in [5.74, 6) is 0.323. The Morgan fingerprint density at radius 2 is 2.40 bits per heavy atom. The van der Waals surface area contributed by atoms with Gasteiger partial charge in [0.05, 0.1) is 0 Å². The predicted molar refractivity (Wildman–Crippen MR) is 38.5 cm³/mol. The third-order valence-corrected chi connectivity index (χ3v) is 2.10. The summed E-state index contributed by atoms with van der Waals surface area (Å²) in [5, 5.41) is 0. The number of nitrogens with zero attached hydrogens (tertiary/aromatic N) is 2. The molecule has 0 aliphatic rings. The maximum atomic E-state index is 10.6. The Labute approximate surface area is 63.0 Å². The Balaban J connectivity index is 2.75. The highest BCUT2D eigenvalue weighted by Gasteiger charge is 2.06. The number of sulfone groups is 1. The van der Waals surface area contributed by atoms with Crippen molar-refractivity contribution in [2.75, 3.05) is 6.26 Å². The molecular weight excluding hydrogens is 172 g/mol. The van der Waals surface area contributed by atoms with Crippen molar-refractivity contribution in [1.29, 1.82) is 0 Å². The molecule has 0 aliphatic heterocycles. The van der Waals surface area contributed by atoms with Gasteiger partial charge in [-0.15, -0.1) is 0 Å². The van der Waals surface area contributed by atoms with Gasteiger partial charge in [-0.25, -0.2) is 13.4 Å². The molecule has 0 fully saturated rings. The van der Waals surface area contributed by atoms with E-state index in [2.05, 4.69) is 9.36 Å². The molecule has 1 heterocycles. The van der Waals surface area contributed by atoms with Crippen LogP contribution in [0, 0.1) is 0 Å². The van der Waals surface area contributed by atoms with Crippen molar-refractivity contribution in [2.45, 2.75) is 5.75 Å². The molecule has 0 saturated heterocycles. The fraction of sp³-hybridized carbons (Fsp3) is 0.500. The van der Waals surface area contributed by atoms with Crippen LogP contribution in [0.15, 0.2) is 5.51 Å². The molecule has 1 aromatic rings. The molecule has 56 valence electrons. The minimum absolute atomic E-state index is 0.0590. The molecule has 0 radical (unpaired) electrons. The van der Waals surface area contributed by atoms with Crippen molar-refractivity contribution >= 4 is 21.4 Å². The van der Waals surface area contributed by atoms with Crippen molar-refractivity contribution in [3.63, 3.8) is 0 Å². The van der Waals surface area contributed by atoms with Crippen LogP contribution in [0.1, 0.15) is 5.82 Å². The topological polar surface area (TPSA) is 59.9 Å². The van der Waals surface area contributed by atoms with Crippen LogP contribution in [0.5, 0.6) is 0 Å². The Morgan fingerprint density at radius 1 is 1.70 bits per heavy atom. The van der Waals surface area contributed by atoms with Gasteiger partial charge < -0.3 is 0 Å². The lowest BCUT2D eigenvalue weighted by molar-refractivity contribution is 0.600. The summed E-state index contributed by atoms with van der Waals surface area (Å²) in [4.78, 5) is 3.73. The van der Waals surface area contributed by atoms with Crippen molar-refractivity contribution in [2.24, 2.45) is 0 Å². The molecule has 6 heteroatoms. The highest BCUT2D eigenvalue weighted by Crippen LogP contribution is 1.98. The Kier molecular flexibility index (Phi) is 2.00. The molecule has 0 aromatic carbocycles. The molecule has 0 N–H and O–H groups in total. The van der Waals surface area contributed by atoms with Gasteiger partial charge in [0.1, 0.15) is 11.3 Å². The Bertz CT molecular complexity index is 289. The highest BCUT2D eigenvalue weighted by atomic mass is 32.2. The van der Waals surface area contributed by atoms with Gasteiger partial charge in [0, 0.05) is 6.26 Å². The molecule has 1 rings (SSSR count). The van der Waals surface area contributed by atoms with Crippen LogP contribution in [0.4, 0.5) is 0 Å². The van der Waals surface area contributed by atoms with Crippen LogP contribution in [-0.4, -0.2) is 24.0 Å². The van der Waals surface area contributed by atoms with E-state index >= 15 is 0 Å². The van der Waals surface area contributed by atoms with Gasteiger partial charge >= 0.3 is 0 Å². The average molecular weight is 178 g/mol. The van der Waals surface area contributed by atoms with E-state index in [9.17, 15) is 8.42 Å².